The minimum Gasteiger partial charge on any atom is -0.387 e. The molecule has 0 saturated carbocycles. The zero-order valence-electron chi connectivity index (χ0n) is 17.7. The molecule has 2 aromatic carbocycles. The van der Waals surface area contributed by atoms with Crippen LogP contribution in [0.4, 0.5) is 10.1 Å². The minimum atomic E-state index is -1.37. The number of hydrogen-bond acceptors (Lipinski definition) is 4. The van der Waals surface area contributed by atoms with Crippen molar-refractivity contribution in [1.82, 2.24) is 9.88 Å². The summed E-state index contributed by atoms with van der Waals surface area (Å²) in [5, 5.41) is 15.1. The van der Waals surface area contributed by atoms with Crippen LogP contribution < -0.4 is 5.32 Å². The summed E-state index contributed by atoms with van der Waals surface area (Å²) < 4.78 is 14.0. The Morgan fingerprint density at radius 3 is 2.56 bits per heavy atom. The highest BCUT2D eigenvalue weighted by atomic mass is 35.5. The number of β-amino-alcohol motifs (C(OH)–C–C–N with tert-alkyl or cyclic N) is 1. The lowest BCUT2D eigenvalue weighted by molar-refractivity contribution is -0.151. The van der Waals surface area contributed by atoms with Gasteiger partial charge in [0.2, 0.25) is 0 Å². The van der Waals surface area contributed by atoms with Crippen molar-refractivity contribution in [3.8, 4) is 0 Å². The summed E-state index contributed by atoms with van der Waals surface area (Å²) in [6.45, 7) is 3.74. The van der Waals surface area contributed by atoms with Crippen LogP contribution in [0.3, 0.4) is 0 Å². The number of piperidine rings is 1. The molecule has 1 aliphatic heterocycles. The number of likely N-dealkylation sites (tertiary alicyclic amines) is 1. The van der Waals surface area contributed by atoms with E-state index in [0.29, 0.717) is 28.0 Å². The van der Waals surface area contributed by atoms with Crippen LogP contribution in [-0.4, -0.2) is 45.5 Å². The van der Waals surface area contributed by atoms with E-state index in [9.17, 15) is 19.1 Å². The van der Waals surface area contributed by atoms with Crippen LogP contribution in [0.5, 0.6) is 0 Å². The molecule has 1 saturated heterocycles. The van der Waals surface area contributed by atoms with Gasteiger partial charge in [-0.15, -0.1) is 0 Å². The summed E-state index contributed by atoms with van der Waals surface area (Å²) in [6, 6.07) is 12.6. The fourth-order valence-electron chi connectivity index (χ4n) is 4.31. The molecule has 1 unspecified atom stereocenters. The van der Waals surface area contributed by atoms with Crippen molar-refractivity contribution >= 4 is 40.0 Å². The van der Waals surface area contributed by atoms with E-state index in [1.807, 2.05) is 6.92 Å². The summed E-state index contributed by atoms with van der Waals surface area (Å²) in [7, 11) is 0. The van der Waals surface area contributed by atoms with Gasteiger partial charge >= 0.3 is 11.8 Å². The molecule has 0 bridgehead atoms. The first-order valence-electron chi connectivity index (χ1n) is 10.2. The van der Waals surface area contributed by atoms with Gasteiger partial charge in [-0.05, 0) is 67.4 Å². The first-order chi connectivity index (χ1) is 15.1. The second kappa shape index (κ2) is 8.15. The van der Waals surface area contributed by atoms with E-state index in [1.165, 1.54) is 17.0 Å². The lowest BCUT2D eigenvalue weighted by Crippen LogP contribution is -2.62. The zero-order chi connectivity index (χ0) is 23.1. The van der Waals surface area contributed by atoms with E-state index in [0.717, 1.165) is 5.56 Å². The summed E-state index contributed by atoms with van der Waals surface area (Å²) in [5.41, 5.74) is -0.328. The number of hydrogen-bond donors (Lipinski definition) is 2. The van der Waals surface area contributed by atoms with Crippen molar-refractivity contribution in [3.63, 3.8) is 0 Å². The van der Waals surface area contributed by atoms with Gasteiger partial charge in [-0.2, -0.15) is 0 Å². The van der Waals surface area contributed by atoms with Crippen LogP contribution in [-0.2, 0) is 15.0 Å². The monoisotopic (exact) mass is 455 g/mol. The standard InChI is InChI=1S/C24H23ClFN3O3/c1-23(19-9-11-27-20-8-5-16(26)13-18(19)20)10-12-29(14-24(23,2)32)22(31)21(30)28-17-6-3-15(25)4-7-17/h3-9,11,13,32H,10,12,14H2,1-2H3,(H,28,30)/t23?,24-/m0/s1. The minimum absolute atomic E-state index is 0.0461. The Balaban J connectivity index is 1.57. The highest BCUT2D eigenvalue weighted by Gasteiger charge is 2.50. The average Bonchev–Trinajstić information content (AvgIpc) is 2.76. The molecule has 0 spiro atoms. The summed E-state index contributed by atoms with van der Waals surface area (Å²) in [4.78, 5) is 30.9. The van der Waals surface area contributed by atoms with Crippen molar-refractivity contribution in [2.75, 3.05) is 18.4 Å². The van der Waals surface area contributed by atoms with Gasteiger partial charge in [-0.3, -0.25) is 14.6 Å². The molecule has 2 amide bonds. The second-order valence-corrected chi connectivity index (χ2v) is 9.00. The number of aromatic nitrogens is 1. The average molecular weight is 456 g/mol. The number of pyridine rings is 1. The van der Waals surface area contributed by atoms with Crippen LogP contribution >= 0.6 is 11.6 Å². The number of amides is 2. The number of rotatable bonds is 2. The molecule has 2 heterocycles. The summed E-state index contributed by atoms with van der Waals surface area (Å²) >= 11 is 5.85. The molecule has 0 aliphatic carbocycles. The molecule has 1 aromatic heterocycles. The Bertz CT molecular complexity index is 1200. The normalized spacial score (nSPS) is 23.2. The molecular formula is C24H23ClFN3O3. The maximum atomic E-state index is 14.0. The zero-order valence-corrected chi connectivity index (χ0v) is 18.5. The molecule has 2 atom stereocenters. The Labute approximate surface area is 190 Å². The molecule has 0 radical (unpaired) electrons. The summed E-state index contributed by atoms with van der Waals surface area (Å²) in [5.74, 6) is -1.91. The van der Waals surface area contributed by atoms with E-state index in [2.05, 4.69) is 10.3 Å². The third-order valence-corrected chi connectivity index (χ3v) is 6.70. The Morgan fingerprint density at radius 2 is 1.88 bits per heavy atom. The molecule has 1 fully saturated rings. The fraction of sp³-hybridized carbons (Fsp3) is 0.292. The number of nitrogens with one attached hydrogen (secondary N) is 1. The van der Waals surface area contributed by atoms with E-state index < -0.39 is 22.8 Å². The third-order valence-electron chi connectivity index (χ3n) is 6.45. The third kappa shape index (κ3) is 3.94. The smallest absolute Gasteiger partial charge is 0.313 e. The largest absolute Gasteiger partial charge is 0.387 e. The van der Waals surface area contributed by atoms with Gasteiger partial charge in [0.15, 0.2) is 0 Å². The van der Waals surface area contributed by atoms with Gasteiger partial charge in [0.25, 0.3) is 0 Å². The Kier molecular flexibility index (Phi) is 5.65. The number of anilines is 1. The number of carbonyl (C=O) groups is 2. The first kappa shape index (κ1) is 22.2. The number of fused-ring (bicyclic) bond motifs is 1. The van der Waals surface area contributed by atoms with Crippen LogP contribution in [0.1, 0.15) is 25.8 Å². The Morgan fingerprint density at radius 1 is 1.16 bits per heavy atom. The van der Waals surface area contributed by atoms with Gasteiger partial charge in [0, 0.05) is 34.3 Å². The van der Waals surface area contributed by atoms with Crippen molar-refractivity contribution < 1.29 is 19.1 Å². The van der Waals surface area contributed by atoms with Gasteiger partial charge in [-0.25, -0.2) is 4.39 Å². The molecule has 166 valence electrons. The van der Waals surface area contributed by atoms with E-state index in [-0.39, 0.29) is 18.9 Å². The predicted octanol–water partition coefficient (Wildman–Crippen LogP) is 3.91. The lowest BCUT2D eigenvalue weighted by atomic mass is 9.64. The van der Waals surface area contributed by atoms with Gasteiger partial charge in [-0.1, -0.05) is 18.5 Å². The van der Waals surface area contributed by atoms with E-state index in [4.69, 9.17) is 11.6 Å². The van der Waals surface area contributed by atoms with Gasteiger partial charge in [0.05, 0.1) is 17.7 Å². The predicted molar refractivity (Wildman–Crippen MR) is 121 cm³/mol. The van der Waals surface area contributed by atoms with Crippen molar-refractivity contribution in [2.45, 2.75) is 31.3 Å². The number of nitrogens with zero attached hydrogens (tertiary/aromatic N) is 2. The molecule has 6 nitrogen and oxygen atoms in total. The van der Waals surface area contributed by atoms with Gasteiger partial charge < -0.3 is 15.3 Å². The van der Waals surface area contributed by atoms with Crippen molar-refractivity contribution in [2.24, 2.45) is 0 Å². The second-order valence-electron chi connectivity index (χ2n) is 8.56. The molecule has 1 aliphatic rings. The molecule has 8 heteroatoms. The fourth-order valence-corrected chi connectivity index (χ4v) is 4.44. The molecule has 4 rings (SSSR count). The van der Waals surface area contributed by atoms with Crippen LogP contribution in [0, 0.1) is 5.82 Å². The Hall–Kier alpha value is -3.03. The van der Waals surface area contributed by atoms with Crippen molar-refractivity contribution in [3.05, 3.63) is 71.1 Å². The van der Waals surface area contributed by atoms with E-state index >= 15 is 0 Å². The molecular weight excluding hydrogens is 433 g/mol. The molecule has 2 N–H and O–H groups in total. The number of benzene rings is 2. The van der Waals surface area contributed by atoms with Crippen molar-refractivity contribution in [1.29, 1.82) is 0 Å². The quantitative estimate of drug-likeness (QED) is 0.574. The maximum absolute atomic E-state index is 14.0. The first-order valence-corrected chi connectivity index (χ1v) is 10.6. The number of halogens is 2. The summed E-state index contributed by atoms with van der Waals surface area (Å²) in [6.07, 6.45) is 2.02. The van der Waals surface area contributed by atoms with Crippen LogP contribution in [0.2, 0.25) is 5.02 Å². The number of carbonyl (C=O) groups excluding carboxylic acids is 2. The lowest BCUT2D eigenvalue weighted by Gasteiger charge is -2.50. The maximum Gasteiger partial charge on any atom is 0.313 e. The highest BCUT2D eigenvalue weighted by molar-refractivity contribution is 6.39. The highest BCUT2D eigenvalue weighted by Crippen LogP contribution is 2.44. The van der Waals surface area contributed by atoms with Gasteiger partial charge in [0.1, 0.15) is 5.82 Å². The SMILES string of the molecule is CC1(c2ccnc3ccc(F)cc23)CCN(C(=O)C(=O)Nc2ccc(Cl)cc2)C[C@]1(C)O. The molecule has 32 heavy (non-hydrogen) atoms. The number of aliphatic hydroxyl groups is 1. The molecule has 3 aromatic rings. The van der Waals surface area contributed by atoms with E-state index in [1.54, 1.807) is 49.5 Å². The topological polar surface area (TPSA) is 82.5 Å². The van der Waals surface area contributed by atoms with Crippen LogP contribution in [0.15, 0.2) is 54.7 Å². The van der Waals surface area contributed by atoms with Crippen LogP contribution in [0.25, 0.3) is 10.9 Å².